The molecular weight excluding hydrogens is 450 g/mol. The highest BCUT2D eigenvalue weighted by Crippen LogP contribution is 2.22. The molecule has 2 aromatic rings. The van der Waals surface area contributed by atoms with Crippen molar-refractivity contribution in [1.82, 2.24) is 20.3 Å². The zero-order valence-corrected chi connectivity index (χ0v) is 20.6. The van der Waals surface area contributed by atoms with Gasteiger partial charge < -0.3 is 15.4 Å². The van der Waals surface area contributed by atoms with E-state index in [0.717, 1.165) is 0 Å². The van der Waals surface area contributed by atoms with Gasteiger partial charge >= 0.3 is 0 Å². The smallest absolute Gasteiger partial charge is 0.248 e. The maximum absolute atomic E-state index is 13.5. The number of nitrogens with one attached hydrogen (secondary N) is 2. The Balaban J connectivity index is 2.25. The molecule has 2 aromatic heterocycles. The van der Waals surface area contributed by atoms with E-state index in [0.29, 0.717) is 29.5 Å². The van der Waals surface area contributed by atoms with Crippen molar-refractivity contribution in [3.05, 3.63) is 48.9 Å². The molecule has 0 saturated carbocycles. The SMILES string of the molecule is CC[C@H](C)[C@H](NC(=O)[C@H](CC(C)C)[C@H](COc1cccnc1)N(O)C=O)C(=O)Nc1ccccn1. The van der Waals surface area contributed by atoms with Gasteiger partial charge in [-0.15, -0.1) is 0 Å². The monoisotopic (exact) mass is 485 g/mol. The fourth-order valence-electron chi connectivity index (χ4n) is 3.62. The lowest BCUT2D eigenvalue weighted by atomic mass is 9.88. The van der Waals surface area contributed by atoms with Crippen molar-refractivity contribution >= 4 is 24.0 Å². The summed E-state index contributed by atoms with van der Waals surface area (Å²) in [5.41, 5.74) is 0. The van der Waals surface area contributed by atoms with Crippen molar-refractivity contribution in [3.8, 4) is 5.75 Å². The van der Waals surface area contributed by atoms with Crippen LogP contribution < -0.4 is 15.4 Å². The average molecular weight is 486 g/mol. The molecule has 0 bridgehead atoms. The topological polar surface area (TPSA) is 134 Å². The Hall–Kier alpha value is -3.53. The predicted molar refractivity (Wildman–Crippen MR) is 130 cm³/mol. The maximum atomic E-state index is 13.5. The summed E-state index contributed by atoms with van der Waals surface area (Å²) in [6.07, 6.45) is 5.90. The molecule has 3 N–H and O–H groups in total. The molecule has 35 heavy (non-hydrogen) atoms. The standard InChI is InChI=1S/C25H35N5O5/c1-5-18(4)23(25(33)28-22-10-6-7-12-27-22)29-24(32)20(13-17(2)3)21(30(34)16-31)15-35-19-9-8-11-26-14-19/h6-12,14,16-18,20-21,23,34H,5,13,15H2,1-4H3,(H,29,32)(H,27,28,33)/t18-,20+,21-,23-/m0/s1. The molecule has 2 heterocycles. The number of amides is 3. The van der Waals surface area contributed by atoms with Crippen molar-refractivity contribution in [2.45, 2.75) is 52.6 Å². The van der Waals surface area contributed by atoms with Crippen LogP contribution in [0, 0.1) is 17.8 Å². The molecule has 0 aliphatic heterocycles. The second kappa shape index (κ2) is 14.0. The first-order chi connectivity index (χ1) is 16.8. The van der Waals surface area contributed by atoms with Crippen LogP contribution in [0.1, 0.15) is 40.5 Å². The fraction of sp³-hybridized carbons (Fsp3) is 0.480. The number of aromatic nitrogens is 2. The number of rotatable bonds is 14. The summed E-state index contributed by atoms with van der Waals surface area (Å²) in [6, 6.07) is 6.70. The summed E-state index contributed by atoms with van der Waals surface area (Å²) < 4.78 is 5.71. The normalized spacial score (nSPS) is 14.3. The number of anilines is 1. The number of hydroxylamine groups is 2. The van der Waals surface area contributed by atoms with E-state index in [4.69, 9.17) is 4.74 Å². The van der Waals surface area contributed by atoms with Gasteiger partial charge in [-0.3, -0.25) is 24.6 Å². The molecule has 0 spiro atoms. The third-order valence-electron chi connectivity index (χ3n) is 5.74. The molecule has 0 aliphatic rings. The first-order valence-electron chi connectivity index (χ1n) is 11.7. The third kappa shape index (κ3) is 8.64. The van der Waals surface area contributed by atoms with Crippen LogP contribution in [-0.4, -0.2) is 57.2 Å². The van der Waals surface area contributed by atoms with Crippen LogP contribution in [0.25, 0.3) is 0 Å². The summed E-state index contributed by atoms with van der Waals surface area (Å²) in [6.45, 7) is 7.52. The Labute approximate surface area is 206 Å². The molecule has 0 fully saturated rings. The molecule has 2 rings (SSSR count). The number of pyridine rings is 2. The average Bonchev–Trinajstić information content (AvgIpc) is 2.86. The van der Waals surface area contributed by atoms with Gasteiger partial charge in [0.2, 0.25) is 18.2 Å². The number of nitrogens with zero attached hydrogens (tertiary/aromatic N) is 3. The summed E-state index contributed by atoms with van der Waals surface area (Å²) in [4.78, 5) is 46.1. The minimum atomic E-state index is -0.980. The Kier molecular flexibility index (Phi) is 11.1. The van der Waals surface area contributed by atoms with Gasteiger partial charge in [0.05, 0.1) is 12.1 Å². The quantitative estimate of drug-likeness (QED) is 0.213. The first-order valence-corrected chi connectivity index (χ1v) is 11.7. The first kappa shape index (κ1) is 27.7. The lowest BCUT2D eigenvalue weighted by Gasteiger charge is -2.33. The van der Waals surface area contributed by atoms with E-state index in [1.807, 2.05) is 27.7 Å². The second-order valence-electron chi connectivity index (χ2n) is 8.86. The van der Waals surface area contributed by atoms with Gasteiger partial charge in [0.25, 0.3) is 0 Å². The Morgan fingerprint density at radius 1 is 1.14 bits per heavy atom. The van der Waals surface area contributed by atoms with Gasteiger partial charge in [-0.2, -0.15) is 0 Å². The fourth-order valence-corrected chi connectivity index (χ4v) is 3.62. The van der Waals surface area contributed by atoms with E-state index in [2.05, 4.69) is 20.6 Å². The number of ether oxygens (including phenoxy) is 1. The Morgan fingerprint density at radius 2 is 1.91 bits per heavy atom. The van der Waals surface area contributed by atoms with Gasteiger partial charge in [0.15, 0.2) is 0 Å². The zero-order chi connectivity index (χ0) is 25.8. The summed E-state index contributed by atoms with van der Waals surface area (Å²) in [5, 5.41) is 16.4. The molecule has 3 amide bonds. The van der Waals surface area contributed by atoms with E-state index >= 15 is 0 Å². The van der Waals surface area contributed by atoms with Crippen molar-refractivity contribution in [3.63, 3.8) is 0 Å². The van der Waals surface area contributed by atoms with Crippen molar-refractivity contribution in [2.24, 2.45) is 17.8 Å². The highest BCUT2D eigenvalue weighted by atomic mass is 16.5. The van der Waals surface area contributed by atoms with Gasteiger partial charge in [0, 0.05) is 12.4 Å². The Morgan fingerprint density at radius 3 is 2.49 bits per heavy atom. The molecule has 190 valence electrons. The molecule has 0 unspecified atom stereocenters. The van der Waals surface area contributed by atoms with Gasteiger partial charge in [-0.1, -0.05) is 40.2 Å². The lowest BCUT2D eigenvalue weighted by Crippen LogP contribution is -2.54. The summed E-state index contributed by atoms with van der Waals surface area (Å²) in [5.74, 6) is -0.984. The lowest BCUT2D eigenvalue weighted by molar-refractivity contribution is -0.172. The number of carbonyl (C=O) groups is 3. The molecule has 4 atom stereocenters. The van der Waals surface area contributed by atoms with E-state index in [1.165, 1.54) is 6.20 Å². The minimum absolute atomic E-state index is 0.0658. The van der Waals surface area contributed by atoms with Crippen LogP contribution in [-0.2, 0) is 14.4 Å². The summed E-state index contributed by atoms with van der Waals surface area (Å²) >= 11 is 0. The van der Waals surface area contributed by atoms with Crippen LogP contribution in [0.4, 0.5) is 5.82 Å². The van der Waals surface area contributed by atoms with Crippen molar-refractivity contribution in [1.29, 1.82) is 0 Å². The third-order valence-corrected chi connectivity index (χ3v) is 5.74. The molecule has 0 saturated heterocycles. The minimum Gasteiger partial charge on any atom is -0.490 e. The second-order valence-corrected chi connectivity index (χ2v) is 8.86. The maximum Gasteiger partial charge on any atom is 0.248 e. The van der Waals surface area contributed by atoms with Crippen LogP contribution in [0.2, 0.25) is 0 Å². The van der Waals surface area contributed by atoms with Gasteiger partial charge in [-0.25, -0.2) is 10.0 Å². The van der Waals surface area contributed by atoms with E-state index in [1.54, 1.807) is 42.7 Å². The molecule has 0 radical (unpaired) electrons. The predicted octanol–water partition coefficient (Wildman–Crippen LogP) is 2.90. The van der Waals surface area contributed by atoms with Crippen LogP contribution in [0.15, 0.2) is 48.9 Å². The highest BCUT2D eigenvalue weighted by molar-refractivity contribution is 5.97. The van der Waals surface area contributed by atoms with E-state index < -0.39 is 29.8 Å². The van der Waals surface area contributed by atoms with Crippen molar-refractivity contribution < 1.29 is 24.3 Å². The molecule has 10 nitrogen and oxygen atoms in total. The largest absolute Gasteiger partial charge is 0.490 e. The molecule has 0 aromatic carbocycles. The van der Waals surface area contributed by atoms with E-state index in [9.17, 15) is 19.6 Å². The molecular formula is C25H35N5O5. The molecule has 10 heteroatoms. The van der Waals surface area contributed by atoms with E-state index in [-0.39, 0.29) is 24.9 Å². The summed E-state index contributed by atoms with van der Waals surface area (Å²) in [7, 11) is 0. The van der Waals surface area contributed by atoms with Crippen LogP contribution >= 0.6 is 0 Å². The van der Waals surface area contributed by atoms with Crippen LogP contribution in [0.5, 0.6) is 5.75 Å². The number of hydrogen-bond acceptors (Lipinski definition) is 7. The zero-order valence-electron chi connectivity index (χ0n) is 20.6. The highest BCUT2D eigenvalue weighted by Gasteiger charge is 2.36. The number of carbonyl (C=O) groups excluding carboxylic acids is 3. The Bertz CT molecular complexity index is 928. The van der Waals surface area contributed by atoms with Gasteiger partial charge in [-0.05, 0) is 42.5 Å². The molecule has 0 aliphatic carbocycles. The van der Waals surface area contributed by atoms with Gasteiger partial charge in [0.1, 0.15) is 30.3 Å². The van der Waals surface area contributed by atoms with Crippen LogP contribution in [0.3, 0.4) is 0 Å². The number of hydrogen-bond donors (Lipinski definition) is 3. The van der Waals surface area contributed by atoms with Crippen molar-refractivity contribution in [2.75, 3.05) is 11.9 Å².